The third-order valence-electron chi connectivity index (χ3n) is 8.94. The van der Waals surface area contributed by atoms with Crippen molar-refractivity contribution in [2.45, 2.75) is 71.6 Å². The molecule has 4 heteroatoms. The van der Waals surface area contributed by atoms with Crippen LogP contribution >= 0.6 is 0 Å². The molecule has 0 aliphatic heterocycles. The number of hydrogen-bond acceptors (Lipinski definition) is 2. The first-order chi connectivity index (χ1) is 11.2. The molecule has 4 unspecified atom stereocenters. The van der Waals surface area contributed by atoms with E-state index in [0.29, 0.717) is 11.8 Å². The Morgan fingerprint density at radius 1 is 0.917 bits per heavy atom. The minimum Gasteiger partial charge on any atom is -0.481 e. The molecule has 2 bridgehead atoms. The highest BCUT2D eigenvalue weighted by Gasteiger charge is 2.66. The van der Waals surface area contributed by atoms with Crippen LogP contribution in [0.15, 0.2) is 0 Å². The molecule has 0 heterocycles. The van der Waals surface area contributed by atoms with E-state index in [0.717, 1.165) is 57.8 Å². The topological polar surface area (TPSA) is 74.6 Å². The van der Waals surface area contributed by atoms with Gasteiger partial charge in [0, 0.05) is 0 Å². The second-order valence-electron chi connectivity index (χ2n) is 9.78. The maximum Gasteiger partial charge on any atom is 0.309 e. The maximum absolute atomic E-state index is 12.1. The van der Waals surface area contributed by atoms with E-state index in [-0.39, 0.29) is 22.7 Å². The molecule has 0 radical (unpaired) electrons. The van der Waals surface area contributed by atoms with Crippen LogP contribution in [0.25, 0.3) is 0 Å². The van der Waals surface area contributed by atoms with Gasteiger partial charge in [0.2, 0.25) is 0 Å². The largest absolute Gasteiger partial charge is 0.481 e. The van der Waals surface area contributed by atoms with Gasteiger partial charge in [-0.15, -0.1) is 0 Å². The number of carbonyl (C=O) groups is 2. The normalized spacial score (nSPS) is 53.1. The van der Waals surface area contributed by atoms with Crippen LogP contribution in [0.5, 0.6) is 0 Å². The third kappa shape index (κ3) is 1.91. The molecular formula is C20H30O4. The van der Waals surface area contributed by atoms with E-state index in [1.165, 1.54) is 0 Å². The predicted molar refractivity (Wildman–Crippen MR) is 89.4 cm³/mol. The second kappa shape index (κ2) is 4.98. The van der Waals surface area contributed by atoms with Gasteiger partial charge in [-0.3, -0.25) is 9.59 Å². The number of fused-ring (bicyclic) bond motifs is 3. The van der Waals surface area contributed by atoms with E-state index in [1.54, 1.807) is 0 Å². The minimum absolute atomic E-state index is 0.0714. The van der Waals surface area contributed by atoms with E-state index >= 15 is 0 Å². The van der Waals surface area contributed by atoms with E-state index < -0.39 is 17.4 Å². The lowest BCUT2D eigenvalue weighted by Gasteiger charge is -2.63. The summed E-state index contributed by atoms with van der Waals surface area (Å²) in [4.78, 5) is 23.7. The first kappa shape index (κ1) is 16.4. The van der Waals surface area contributed by atoms with Gasteiger partial charge in [-0.2, -0.15) is 0 Å². The molecule has 4 saturated carbocycles. The molecule has 7 atom stereocenters. The first-order valence-corrected chi connectivity index (χ1v) is 9.69. The van der Waals surface area contributed by atoms with Crippen molar-refractivity contribution in [3.05, 3.63) is 0 Å². The van der Waals surface area contributed by atoms with E-state index in [1.807, 2.05) is 6.92 Å². The Labute approximate surface area is 144 Å². The maximum atomic E-state index is 12.1. The van der Waals surface area contributed by atoms with E-state index in [4.69, 9.17) is 0 Å². The molecule has 0 saturated heterocycles. The molecule has 4 nitrogen and oxygen atoms in total. The lowest BCUT2D eigenvalue weighted by atomic mass is 9.41. The Hall–Kier alpha value is -1.06. The van der Waals surface area contributed by atoms with Crippen molar-refractivity contribution >= 4 is 11.9 Å². The van der Waals surface area contributed by atoms with Crippen molar-refractivity contribution in [1.29, 1.82) is 0 Å². The monoisotopic (exact) mass is 334 g/mol. The van der Waals surface area contributed by atoms with Crippen LogP contribution in [-0.2, 0) is 9.59 Å². The molecular weight excluding hydrogens is 304 g/mol. The lowest BCUT2D eigenvalue weighted by molar-refractivity contribution is -0.181. The van der Waals surface area contributed by atoms with Gasteiger partial charge in [0.05, 0.1) is 11.3 Å². The predicted octanol–water partition coefficient (Wildman–Crippen LogP) is 4.18. The Morgan fingerprint density at radius 3 is 2.33 bits per heavy atom. The molecule has 1 spiro atoms. The van der Waals surface area contributed by atoms with Crippen molar-refractivity contribution in [1.82, 2.24) is 0 Å². The molecule has 0 aromatic carbocycles. The van der Waals surface area contributed by atoms with Gasteiger partial charge in [-0.25, -0.2) is 0 Å². The van der Waals surface area contributed by atoms with Crippen molar-refractivity contribution in [2.75, 3.05) is 0 Å². The van der Waals surface area contributed by atoms with Crippen LogP contribution in [-0.4, -0.2) is 22.2 Å². The fraction of sp³-hybridized carbons (Fsp3) is 0.900. The number of carboxylic acid groups (broad SMARTS) is 2. The molecule has 2 N–H and O–H groups in total. The Bertz CT molecular complexity index is 586. The van der Waals surface area contributed by atoms with Crippen LogP contribution in [0.3, 0.4) is 0 Å². The zero-order chi connectivity index (χ0) is 17.3. The minimum atomic E-state index is -0.627. The van der Waals surface area contributed by atoms with Crippen molar-refractivity contribution < 1.29 is 19.8 Å². The van der Waals surface area contributed by atoms with Gasteiger partial charge >= 0.3 is 11.9 Å². The summed E-state index contributed by atoms with van der Waals surface area (Å²) in [6, 6.07) is 0. The standard InChI is InChI=1S/C20H30O4/c1-18-7-3-8-19(2,17(23)24)14(18)6-9-20-10-12(4-5-15(18)20)13(11-20)16(21)22/h12-15H,3-11H2,1-2H3,(H,21,22)(H,23,24)/t12?,13?,14?,15?,18-,19-,20+/m1/s1. The molecule has 4 fully saturated rings. The molecule has 4 aliphatic carbocycles. The summed E-state index contributed by atoms with van der Waals surface area (Å²) in [5.41, 5.74) is -0.355. The van der Waals surface area contributed by atoms with Gasteiger partial charge in [0.25, 0.3) is 0 Å². The molecule has 4 rings (SSSR count). The molecule has 0 aromatic rings. The number of carboxylic acids is 2. The van der Waals surface area contributed by atoms with Crippen LogP contribution in [0.4, 0.5) is 0 Å². The van der Waals surface area contributed by atoms with Crippen molar-refractivity contribution in [3.63, 3.8) is 0 Å². The van der Waals surface area contributed by atoms with Crippen LogP contribution in [0.1, 0.15) is 71.6 Å². The molecule has 0 aromatic heterocycles. The molecule has 134 valence electrons. The summed E-state index contributed by atoms with van der Waals surface area (Å²) in [6.45, 7) is 4.31. The zero-order valence-corrected chi connectivity index (χ0v) is 14.9. The summed E-state index contributed by atoms with van der Waals surface area (Å²) in [7, 11) is 0. The van der Waals surface area contributed by atoms with Gasteiger partial charge in [0.15, 0.2) is 0 Å². The Morgan fingerprint density at radius 2 is 1.67 bits per heavy atom. The molecule has 24 heavy (non-hydrogen) atoms. The van der Waals surface area contributed by atoms with Crippen molar-refractivity contribution in [3.8, 4) is 0 Å². The smallest absolute Gasteiger partial charge is 0.309 e. The lowest BCUT2D eigenvalue weighted by Crippen LogP contribution is -2.58. The second-order valence-corrected chi connectivity index (χ2v) is 9.78. The van der Waals surface area contributed by atoms with E-state index in [2.05, 4.69) is 6.92 Å². The van der Waals surface area contributed by atoms with Gasteiger partial charge in [-0.1, -0.05) is 13.3 Å². The summed E-state index contributed by atoms with van der Waals surface area (Å²) in [5.74, 6) is -0.282. The summed E-state index contributed by atoms with van der Waals surface area (Å²) < 4.78 is 0. The quantitative estimate of drug-likeness (QED) is 0.794. The average molecular weight is 334 g/mol. The molecule has 4 aliphatic rings. The van der Waals surface area contributed by atoms with Crippen molar-refractivity contribution in [2.24, 2.45) is 39.9 Å². The summed E-state index contributed by atoms with van der Waals surface area (Å²) in [5, 5.41) is 19.5. The number of hydrogen-bond donors (Lipinski definition) is 2. The van der Waals surface area contributed by atoms with Crippen LogP contribution < -0.4 is 0 Å². The Balaban J connectivity index is 1.71. The van der Waals surface area contributed by atoms with Gasteiger partial charge in [0.1, 0.15) is 0 Å². The van der Waals surface area contributed by atoms with Crippen LogP contribution in [0.2, 0.25) is 0 Å². The third-order valence-corrected chi connectivity index (χ3v) is 8.94. The fourth-order valence-electron chi connectivity index (χ4n) is 7.99. The van der Waals surface area contributed by atoms with Crippen LogP contribution in [0, 0.1) is 39.9 Å². The zero-order valence-electron chi connectivity index (χ0n) is 14.9. The first-order valence-electron chi connectivity index (χ1n) is 9.69. The highest BCUT2D eigenvalue weighted by atomic mass is 16.4. The van der Waals surface area contributed by atoms with E-state index in [9.17, 15) is 19.8 Å². The average Bonchev–Trinajstić information content (AvgIpc) is 2.78. The summed E-state index contributed by atoms with van der Waals surface area (Å²) >= 11 is 0. The highest BCUT2D eigenvalue weighted by Crippen LogP contribution is 2.72. The summed E-state index contributed by atoms with van der Waals surface area (Å²) in [6.07, 6.45) is 8.96. The number of rotatable bonds is 2. The fourth-order valence-corrected chi connectivity index (χ4v) is 7.99. The SMILES string of the molecule is C[C@@]12CCC[C@@](C)(C(=O)O)C1CC[C@@]13CC(CCC12)C(C(=O)O)C3. The van der Waals surface area contributed by atoms with Gasteiger partial charge < -0.3 is 10.2 Å². The molecule has 0 amide bonds. The Kier molecular flexibility index (Phi) is 3.41. The highest BCUT2D eigenvalue weighted by molar-refractivity contribution is 5.75. The van der Waals surface area contributed by atoms with Gasteiger partial charge in [-0.05, 0) is 86.9 Å². The number of aliphatic carboxylic acids is 2.